The van der Waals surface area contributed by atoms with Gasteiger partial charge in [0.2, 0.25) is 11.8 Å². The Labute approximate surface area is 316 Å². The molecule has 14 heteroatoms. The molecule has 0 radical (unpaired) electrons. The van der Waals surface area contributed by atoms with Crippen LogP contribution in [0.1, 0.15) is 92.4 Å². The maximum absolute atomic E-state index is 14.4. The van der Waals surface area contributed by atoms with E-state index in [2.05, 4.69) is 44.7 Å². The molecule has 4 N–H and O–H groups in total. The normalized spacial score (nSPS) is 21.6. The van der Waals surface area contributed by atoms with Crippen LogP contribution in [0.4, 0.5) is 14.0 Å². The van der Waals surface area contributed by atoms with Gasteiger partial charge in [0.25, 0.3) is 0 Å². The smallest absolute Gasteiger partial charge is 0.407 e. The molecule has 302 valence electrons. The number of hydrogen-bond donors (Lipinski definition) is 4. The van der Waals surface area contributed by atoms with E-state index in [1.807, 2.05) is 39.5 Å². The van der Waals surface area contributed by atoms with Crippen LogP contribution < -0.4 is 21.3 Å². The number of ether oxygens (including phenoxy) is 3. The third-order valence-corrected chi connectivity index (χ3v) is 9.81. The van der Waals surface area contributed by atoms with Crippen LogP contribution in [-0.2, 0) is 23.8 Å². The molecule has 0 aromatic rings. The van der Waals surface area contributed by atoms with Gasteiger partial charge in [-0.05, 0) is 96.9 Å². The molecular weight excluding hydrogens is 683 g/mol. The first kappa shape index (κ1) is 45.5. The molecule has 0 saturated carbocycles. The molecule has 2 saturated heterocycles. The monoisotopic (exact) mass is 751 g/mol. The molecule has 4 amide bonds. The van der Waals surface area contributed by atoms with E-state index < -0.39 is 24.3 Å². The summed E-state index contributed by atoms with van der Waals surface area (Å²) in [6, 6.07) is -1.50. The van der Waals surface area contributed by atoms with Gasteiger partial charge < -0.3 is 45.3 Å². The van der Waals surface area contributed by atoms with Gasteiger partial charge in [0.1, 0.15) is 12.1 Å². The molecule has 0 aliphatic carbocycles. The Kier molecular flexibility index (Phi) is 21.1. The highest BCUT2D eigenvalue weighted by atomic mass is 19.1. The van der Waals surface area contributed by atoms with Crippen LogP contribution in [-0.4, -0.2) is 118 Å². The number of allylic oxidation sites excluding steroid dienone is 2. The second-order valence-electron chi connectivity index (χ2n) is 14.4. The van der Waals surface area contributed by atoms with Gasteiger partial charge in [-0.3, -0.25) is 9.59 Å². The highest BCUT2D eigenvalue weighted by Gasteiger charge is 2.41. The molecule has 2 rings (SSSR count). The molecule has 13 nitrogen and oxygen atoms in total. The van der Waals surface area contributed by atoms with Crippen molar-refractivity contribution >= 4 is 24.0 Å². The summed E-state index contributed by atoms with van der Waals surface area (Å²) in [6.45, 7) is 17.3. The van der Waals surface area contributed by atoms with Crippen molar-refractivity contribution in [2.75, 3.05) is 53.5 Å². The summed E-state index contributed by atoms with van der Waals surface area (Å²) in [6.07, 6.45) is 10.7. The van der Waals surface area contributed by atoms with Crippen LogP contribution in [0.2, 0.25) is 0 Å². The van der Waals surface area contributed by atoms with E-state index in [4.69, 9.17) is 9.47 Å². The number of methoxy groups -OCH3 is 2. The lowest BCUT2D eigenvalue weighted by molar-refractivity contribution is -0.138. The molecule has 2 aliphatic rings. The Morgan fingerprint density at radius 3 is 2.28 bits per heavy atom. The molecule has 2 aliphatic heterocycles. The molecule has 0 aromatic heterocycles. The summed E-state index contributed by atoms with van der Waals surface area (Å²) in [5, 5.41) is 12.1. The Morgan fingerprint density at radius 2 is 1.64 bits per heavy atom. The van der Waals surface area contributed by atoms with E-state index in [0.29, 0.717) is 71.4 Å². The number of rotatable bonds is 22. The second-order valence-corrected chi connectivity index (χ2v) is 14.4. The molecule has 6 atom stereocenters. The van der Waals surface area contributed by atoms with Gasteiger partial charge in [-0.25, -0.2) is 14.0 Å². The van der Waals surface area contributed by atoms with Gasteiger partial charge in [-0.2, -0.15) is 0 Å². The van der Waals surface area contributed by atoms with Gasteiger partial charge in [0.15, 0.2) is 0 Å². The first-order chi connectivity index (χ1) is 25.3. The van der Waals surface area contributed by atoms with Gasteiger partial charge >= 0.3 is 12.2 Å². The second kappa shape index (κ2) is 24.6. The number of likely N-dealkylation sites (N-methyl/N-ethyl adjacent to an activating group) is 1. The van der Waals surface area contributed by atoms with Crippen LogP contribution in [0.15, 0.2) is 36.3 Å². The van der Waals surface area contributed by atoms with Gasteiger partial charge in [-0.15, -0.1) is 0 Å². The molecule has 0 bridgehead atoms. The SMILES string of the molecule is C=C(NCC/C=C/CCC/C(F)=C\CCNCCN(CC)C(=O)[C@@H](NC(=O)OC)C(C)C)[C@@H]1CCCN1C(=O)C(NC(=O)OC)C1C[C@@H](C)O[C@@H](C)C1. The van der Waals surface area contributed by atoms with E-state index in [-0.39, 0.29) is 47.7 Å². The zero-order chi connectivity index (χ0) is 39.3. The summed E-state index contributed by atoms with van der Waals surface area (Å²) in [5.74, 6) is -0.527. The maximum Gasteiger partial charge on any atom is 0.407 e. The van der Waals surface area contributed by atoms with Crippen molar-refractivity contribution in [3.8, 4) is 0 Å². The Bertz CT molecular complexity index is 1220. The minimum Gasteiger partial charge on any atom is -0.453 e. The number of hydrogen-bond acceptors (Lipinski definition) is 9. The topological polar surface area (TPSA) is 151 Å². The standard InChI is InChI=1S/C39H67FN6O7/c1-9-45(36(47)34(27(2)3)43-38(49)51-7)24-22-41-20-15-18-32(40)17-13-11-10-12-14-21-42-30(6)33-19-16-23-46(33)37(48)35(44-39(50)52-8)31-25-28(4)53-29(5)26-31/h10,12,18,27-29,31,33-35,41-42H,6,9,11,13-17,19-26H2,1-5,7-8H3,(H,43,49)(H,44,50)/b12-10+,32-18+/t28-,29+,31?,33-,34-,35?/m0/s1. The fourth-order valence-electron chi connectivity index (χ4n) is 7.02. The molecule has 0 spiro atoms. The average molecular weight is 751 g/mol. The highest BCUT2D eigenvalue weighted by molar-refractivity contribution is 5.87. The maximum atomic E-state index is 14.4. The van der Waals surface area contributed by atoms with E-state index in [1.165, 1.54) is 14.2 Å². The third-order valence-electron chi connectivity index (χ3n) is 9.81. The van der Waals surface area contributed by atoms with E-state index in [0.717, 1.165) is 31.4 Å². The lowest BCUT2D eigenvalue weighted by atomic mass is 9.85. The number of likely N-dealkylation sites (tertiary alicyclic amines) is 1. The van der Waals surface area contributed by atoms with Crippen molar-refractivity contribution in [1.82, 2.24) is 31.1 Å². The number of nitrogens with zero attached hydrogens (tertiary/aromatic N) is 2. The number of carbonyl (C=O) groups excluding carboxylic acids is 4. The molecular formula is C39H67FN6O7. The predicted octanol–water partition coefficient (Wildman–Crippen LogP) is 5.19. The highest BCUT2D eigenvalue weighted by Crippen LogP contribution is 2.31. The first-order valence-corrected chi connectivity index (χ1v) is 19.4. The van der Waals surface area contributed by atoms with Crippen molar-refractivity contribution in [2.24, 2.45) is 11.8 Å². The number of carbonyl (C=O) groups is 4. The Morgan fingerprint density at radius 1 is 0.981 bits per heavy atom. The van der Waals surface area contributed by atoms with Crippen molar-refractivity contribution < 1.29 is 37.8 Å². The lowest BCUT2D eigenvalue weighted by Crippen LogP contribution is -2.56. The van der Waals surface area contributed by atoms with Gasteiger partial charge in [0, 0.05) is 38.4 Å². The summed E-state index contributed by atoms with van der Waals surface area (Å²) in [5.41, 5.74) is 0.792. The Balaban J connectivity index is 1.67. The number of halogens is 1. The average Bonchev–Trinajstić information content (AvgIpc) is 3.62. The summed E-state index contributed by atoms with van der Waals surface area (Å²) in [4.78, 5) is 54.2. The zero-order valence-electron chi connectivity index (χ0n) is 33.2. The molecule has 0 aromatic carbocycles. The summed E-state index contributed by atoms with van der Waals surface area (Å²) >= 11 is 0. The van der Waals surface area contributed by atoms with Crippen LogP contribution >= 0.6 is 0 Å². The third kappa shape index (κ3) is 16.1. The minimum atomic E-state index is -0.688. The van der Waals surface area contributed by atoms with Crippen LogP contribution in [0.25, 0.3) is 0 Å². The summed E-state index contributed by atoms with van der Waals surface area (Å²) < 4.78 is 29.7. The zero-order valence-corrected chi connectivity index (χ0v) is 33.2. The number of unbranched alkanes of at least 4 members (excludes halogenated alkanes) is 1. The molecule has 2 heterocycles. The van der Waals surface area contributed by atoms with E-state index in [9.17, 15) is 23.6 Å². The lowest BCUT2D eigenvalue weighted by Gasteiger charge is -2.38. The molecule has 53 heavy (non-hydrogen) atoms. The van der Waals surface area contributed by atoms with Gasteiger partial charge in [0.05, 0.1) is 38.3 Å². The molecule has 2 fully saturated rings. The van der Waals surface area contributed by atoms with Crippen molar-refractivity contribution in [1.29, 1.82) is 0 Å². The minimum absolute atomic E-state index is 0.0000482. The molecule has 2 unspecified atom stereocenters. The Hall–Kier alpha value is -3.65. The quantitative estimate of drug-likeness (QED) is 0.0867. The number of nitrogens with one attached hydrogen (secondary N) is 4. The fraction of sp³-hybridized carbons (Fsp3) is 0.744. The first-order valence-electron chi connectivity index (χ1n) is 19.4. The fourth-order valence-corrected chi connectivity index (χ4v) is 7.02. The van der Waals surface area contributed by atoms with Crippen molar-refractivity contribution in [2.45, 2.75) is 123 Å². The van der Waals surface area contributed by atoms with Crippen molar-refractivity contribution in [3.63, 3.8) is 0 Å². The summed E-state index contributed by atoms with van der Waals surface area (Å²) in [7, 11) is 2.57. The number of amides is 4. The van der Waals surface area contributed by atoms with Crippen molar-refractivity contribution in [3.05, 3.63) is 36.3 Å². The van der Waals surface area contributed by atoms with Crippen LogP contribution in [0.5, 0.6) is 0 Å². The van der Waals surface area contributed by atoms with E-state index >= 15 is 0 Å². The predicted molar refractivity (Wildman–Crippen MR) is 205 cm³/mol. The van der Waals surface area contributed by atoms with E-state index in [1.54, 1.807) is 11.0 Å². The van der Waals surface area contributed by atoms with Crippen LogP contribution in [0, 0.1) is 11.8 Å². The largest absolute Gasteiger partial charge is 0.453 e. The van der Waals surface area contributed by atoms with Gasteiger partial charge in [-0.1, -0.05) is 38.7 Å². The van der Waals surface area contributed by atoms with Crippen LogP contribution in [0.3, 0.4) is 0 Å². The number of alkyl carbamates (subject to hydrolysis) is 2.